The largest absolute Gasteiger partial charge is 0.491 e. The zero-order valence-corrected chi connectivity index (χ0v) is 17.9. The number of benzene rings is 2. The first kappa shape index (κ1) is 20.1. The summed E-state index contributed by atoms with van der Waals surface area (Å²) in [4.78, 5) is 22.1. The van der Waals surface area contributed by atoms with Crippen LogP contribution in [0.15, 0.2) is 36.4 Å². The van der Waals surface area contributed by atoms with Gasteiger partial charge in [-0.3, -0.25) is 0 Å². The molecule has 7 heteroatoms. The summed E-state index contributed by atoms with van der Waals surface area (Å²) in [6, 6.07) is 12.3. The van der Waals surface area contributed by atoms with Crippen LogP contribution in [-0.4, -0.2) is 46.3 Å². The van der Waals surface area contributed by atoms with Gasteiger partial charge >= 0.3 is 6.09 Å². The second-order valence-electron chi connectivity index (χ2n) is 8.42. The van der Waals surface area contributed by atoms with Crippen LogP contribution in [0.1, 0.15) is 33.3 Å². The van der Waals surface area contributed by atoms with Gasteiger partial charge in [-0.25, -0.2) is 9.78 Å². The van der Waals surface area contributed by atoms with Crippen molar-refractivity contribution in [3.05, 3.63) is 42.0 Å². The van der Waals surface area contributed by atoms with Gasteiger partial charge in [-0.1, -0.05) is 12.1 Å². The van der Waals surface area contributed by atoms with E-state index in [1.165, 1.54) is 0 Å². The molecule has 0 fully saturated rings. The molecule has 4 rings (SSSR count). The van der Waals surface area contributed by atoms with E-state index < -0.39 is 5.60 Å². The number of carbonyl (C=O) groups excluding carboxylic acids is 1. The predicted octanol–water partition coefficient (Wildman–Crippen LogP) is 4.79. The van der Waals surface area contributed by atoms with Gasteiger partial charge in [-0.15, -0.1) is 0 Å². The molecule has 1 aromatic heterocycles. The fourth-order valence-corrected chi connectivity index (χ4v) is 3.50. The summed E-state index contributed by atoms with van der Waals surface area (Å²) in [5, 5.41) is 3.20. The second kappa shape index (κ2) is 7.89. The quantitative estimate of drug-likeness (QED) is 0.651. The summed E-state index contributed by atoms with van der Waals surface area (Å²) in [6.07, 6.45) is -0.320. The Morgan fingerprint density at radius 1 is 1.23 bits per heavy atom. The van der Waals surface area contributed by atoms with Gasteiger partial charge in [-0.2, -0.15) is 0 Å². The number of carbonyl (C=O) groups is 1. The summed E-state index contributed by atoms with van der Waals surface area (Å²) >= 11 is 0. The van der Waals surface area contributed by atoms with Crippen LogP contribution in [0.4, 0.5) is 10.7 Å². The minimum absolute atomic E-state index is 0.320. The molecule has 158 valence electrons. The average molecular weight is 409 g/mol. The summed E-state index contributed by atoms with van der Waals surface area (Å²) < 4.78 is 11.4. The molecule has 0 bridgehead atoms. The molecule has 7 nitrogen and oxygen atoms in total. The molecule has 2 aromatic carbocycles. The van der Waals surface area contributed by atoms with Crippen molar-refractivity contribution in [3.63, 3.8) is 0 Å². The summed E-state index contributed by atoms with van der Waals surface area (Å²) in [5.41, 5.74) is 4.47. The van der Waals surface area contributed by atoms with Gasteiger partial charge in [0.05, 0.1) is 24.1 Å². The van der Waals surface area contributed by atoms with E-state index in [0.29, 0.717) is 19.7 Å². The Morgan fingerprint density at radius 2 is 2.00 bits per heavy atom. The van der Waals surface area contributed by atoms with Gasteiger partial charge < -0.3 is 24.7 Å². The number of ether oxygens (including phenoxy) is 2. The fraction of sp³-hybridized carbons (Fsp3) is 0.391. The lowest BCUT2D eigenvalue weighted by Gasteiger charge is -2.26. The van der Waals surface area contributed by atoms with Crippen LogP contribution in [0.2, 0.25) is 0 Å². The highest BCUT2D eigenvalue weighted by Crippen LogP contribution is 2.31. The molecule has 0 spiro atoms. The molecule has 3 aromatic rings. The van der Waals surface area contributed by atoms with Crippen molar-refractivity contribution in [3.8, 4) is 16.9 Å². The van der Waals surface area contributed by atoms with E-state index in [4.69, 9.17) is 9.47 Å². The number of H-pyrrole nitrogens is 1. The van der Waals surface area contributed by atoms with Gasteiger partial charge in [0.15, 0.2) is 0 Å². The van der Waals surface area contributed by atoms with E-state index >= 15 is 0 Å². The van der Waals surface area contributed by atoms with E-state index in [1.807, 2.05) is 45.9 Å². The van der Waals surface area contributed by atoms with Crippen LogP contribution in [0.3, 0.4) is 0 Å². The Balaban J connectivity index is 1.61. The SMILES string of the molecule is CCNc1nc2ccc(-c3ccc4c(c3)CN(C(=O)OC(C)(C)C)CCO4)cc2[nH]1. The van der Waals surface area contributed by atoms with Gasteiger partial charge in [-0.05, 0) is 63.1 Å². The normalized spacial score (nSPS) is 14.1. The average Bonchev–Trinajstić information content (AvgIpc) is 2.95. The van der Waals surface area contributed by atoms with Crippen molar-refractivity contribution in [2.24, 2.45) is 0 Å². The second-order valence-corrected chi connectivity index (χ2v) is 8.42. The first-order valence-corrected chi connectivity index (χ1v) is 10.3. The van der Waals surface area contributed by atoms with Gasteiger partial charge in [0.1, 0.15) is 18.0 Å². The smallest absolute Gasteiger partial charge is 0.410 e. The summed E-state index contributed by atoms with van der Waals surface area (Å²) in [6.45, 7) is 9.86. The van der Waals surface area contributed by atoms with Crippen LogP contribution in [0, 0.1) is 0 Å². The number of imidazole rings is 1. The van der Waals surface area contributed by atoms with Crippen molar-refractivity contribution in [1.82, 2.24) is 14.9 Å². The molecule has 0 saturated heterocycles. The third kappa shape index (κ3) is 4.35. The standard InChI is InChI=1S/C23H28N4O3/c1-5-24-21-25-18-8-6-16(13-19(18)26-21)15-7-9-20-17(12-15)14-27(10-11-29-20)22(28)30-23(2,3)4/h6-9,12-13H,5,10-11,14H2,1-4H3,(H2,24,25,26). The third-order valence-electron chi connectivity index (χ3n) is 4.85. The van der Waals surface area contributed by atoms with Crippen molar-refractivity contribution in [2.45, 2.75) is 39.8 Å². The van der Waals surface area contributed by atoms with Gasteiger partial charge in [0.2, 0.25) is 5.95 Å². The topological polar surface area (TPSA) is 79.5 Å². The number of aromatic nitrogens is 2. The predicted molar refractivity (Wildman–Crippen MR) is 118 cm³/mol. The van der Waals surface area contributed by atoms with E-state index in [1.54, 1.807) is 4.90 Å². The lowest BCUT2D eigenvalue weighted by molar-refractivity contribution is 0.0225. The highest BCUT2D eigenvalue weighted by atomic mass is 16.6. The van der Waals surface area contributed by atoms with Crippen molar-refractivity contribution < 1.29 is 14.3 Å². The number of anilines is 1. The Bertz CT molecular complexity index is 1070. The van der Waals surface area contributed by atoms with Crippen LogP contribution in [0.5, 0.6) is 5.75 Å². The van der Waals surface area contributed by atoms with Crippen molar-refractivity contribution in [1.29, 1.82) is 0 Å². The number of amides is 1. The van der Waals surface area contributed by atoms with Gasteiger partial charge in [0, 0.05) is 12.1 Å². The molecular weight excluding hydrogens is 380 g/mol. The Hall–Kier alpha value is -3.22. The first-order chi connectivity index (χ1) is 14.3. The molecule has 0 radical (unpaired) electrons. The van der Waals surface area contributed by atoms with Crippen LogP contribution in [0.25, 0.3) is 22.2 Å². The molecule has 0 aliphatic carbocycles. The van der Waals surface area contributed by atoms with E-state index in [-0.39, 0.29) is 6.09 Å². The molecule has 2 N–H and O–H groups in total. The summed E-state index contributed by atoms with van der Waals surface area (Å²) in [5.74, 6) is 1.58. The number of fused-ring (bicyclic) bond motifs is 2. The van der Waals surface area contributed by atoms with Gasteiger partial charge in [0.25, 0.3) is 0 Å². The zero-order valence-electron chi connectivity index (χ0n) is 17.9. The molecule has 1 aliphatic heterocycles. The minimum Gasteiger partial charge on any atom is -0.491 e. The molecule has 1 aliphatic rings. The number of hydrogen-bond donors (Lipinski definition) is 2. The summed E-state index contributed by atoms with van der Waals surface area (Å²) in [7, 11) is 0. The molecule has 0 atom stereocenters. The monoisotopic (exact) mass is 408 g/mol. The lowest BCUT2D eigenvalue weighted by atomic mass is 10.0. The fourth-order valence-electron chi connectivity index (χ4n) is 3.50. The molecule has 2 heterocycles. The van der Waals surface area contributed by atoms with Crippen LogP contribution >= 0.6 is 0 Å². The molecule has 0 unspecified atom stereocenters. The van der Waals surface area contributed by atoms with Crippen molar-refractivity contribution >= 4 is 23.1 Å². The number of rotatable bonds is 3. The van der Waals surface area contributed by atoms with Crippen LogP contribution < -0.4 is 10.1 Å². The molecule has 1 amide bonds. The molecular formula is C23H28N4O3. The highest BCUT2D eigenvalue weighted by molar-refractivity contribution is 5.83. The number of nitrogens with zero attached hydrogens (tertiary/aromatic N) is 2. The van der Waals surface area contributed by atoms with E-state index in [2.05, 4.69) is 33.5 Å². The van der Waals surface area contributed by atoms with Crippen LogP contribution in [-0.2, 0) is 11.3 Å². The Kier molecular flexibility index (Phi) is 5.28. The maximum absolute atomic E-state index is 12.6. The maximum atomic E-state index is 12.6. The first-order valence-electron chi connectivity index (χ1n) is 10.3. The third-order valence-corrected chi connectivity index (χ3v) is 4.85. The Morgan fingerprint density at radius 3 is 2.77 bits per heavy atom. The van der Waals surface area contributed by atoms with E-state index in [9.17, 15) is 4.79 Å². The highest BCUT2D eigenvalue weighted by Gasteiger charge is 2.25. The number of nitrogens with one attached hydrogen (secondary N) is 2. The molecule has 30 heavy (non-hydrogen) atoms. The lowest BCUT2D eigenvalue weighted by Crippen LogP contribution is -2.37. The molecule has 0 saturated carbocycles. The minimum atomic E-state index is -0.528. The number of aromatic amines is 1. The number of hydrogen-bond acceptors (Lipinski definition) is 5. The Labute approximate surface area is 176 Å². The maximum Gasteiger partial charge on any atom is 0.410 e. The van der Waals surface area contributed by atoms with Crippen molar-refractivity contribution in [2.75, 3.05) is 25.0 Å². The zero-order chi connectivity index (χ0) is 21.3. The van der Waals surface area contributed by atoms with E-state index in [0.717, 1.165) is 46.0 Å².